The summed E-state index contributed by atoms with van der Waals surface area (Å²) in [5, 5.41) is 0. The molecule has 1 atom stereocenters. The molecule has 0 bridgehead atoms. The van der Waals surface area contributed by atoms with Gasteiger partial charge in [0.05, 0.1) is 24.3 Å². The Morgan fingerprint density at radius 1 is 1.28 bits per heavy atom. The van der Waals surface area contributed by atoms with Gasteiger partial charge < -0.3 is 9.64 Å². The van der Waals surface area contributed by atoms with Gasteiger partial charge in [0.2, 0.25) is 5.95 Å². The Morgan fingerprint density at radius 3 is 2.92 bits per heavy atom. The van der Waals surface area contributed by atoms with Gasteiger partial charge in [-0.05, 0) is 31.0 Å². The van der Waals surface area contributed by atoms with Crippen molar-refractivity contribution in [2.24, 2.45) is 0 Å². The number of hydrogen-bond acceptors (Lipinski definition) is 5. The topological polar surface area (TPSA) is 41.5 Å². The fourth-order valence-corrected chi connectivity index (χ4v) is 4.04. The van der Waals surface area contributed by atoms with E-state index in [-0.39, 0.29) is 5.41 Å². The van der Waals surface area contributed by atoms with Crippen LogP contribution in [0.5, 0.6) is 0 Å². The SMILES string of the molecule is Cc1ccccc1CN1CCC2(COCc3cnc(N(C)C)nc32)C1. The molecule has 132 valence electrons. The summed E-state index contributed by atoms with van der Waals surface area (Å²) in [5.41, 5.74) is 5.12. The molecule has 1 aromatic heterocycles. The Labute approximate surface area is 149 Å². The Balaban J connectivity index is 1.60. The van der Waals surface area contributed by atoms with Gasteiger partial charge >= 0.3 is 0 Å². The molecule has 0 radical (unpaired) electrons. The average Bonchev–Trinajstić information content (AvgIpc) is 3.00. The molecule has 1 aromatic carbocycles. The van der Waals surface area contributed by atoms with Crippen LogP contribution in [0.1, 0.15) is 28.8 Å². The number of aromatic nitrogens is 2. The lowest BCUT2D eigenvalue weighted by Gasteiger charge is -2.35. The third kappa shape index (κ3) is 3.02. The number of hydrogen-bond donors (Lipinski definition) is 0. The van der Waals surface area contributed by atoms with E-state index in [0.717, 1.165) is 44.2 Å². The van der Waals surface area contributed by atoms with E-state index < -0.39 is 0 Å². The third-order valence-electron chi connectivity index (χ3n) is 5.48. The van der Waals surface area contributed by atoms with Gasteiger partial charge in [-0.15, -0.1) is 0 Å². The number of aryl methyl sites for hydroxylation is 1. The molecule has 0 saturated carbocycles. The van der Waals surface area contributed by atoms with E-state index in [9.17, 15) is 0 Å². The summed E-state index contributed by atoms with van der Waals surface area (Å²) in [4.78, 5) is 13.9. The van der Waals surface area contributed by atoms with Crippen molar-refractivity contribution in [1.29, 1.82) is 0 Å². The molecule has 2 aromatic rings. The van der Waals surface area contributed by atoms with Gasteiger partial charge in [-0.1, -0.05) is 24.3 Å². The van der Waals surface area contributed by atoms with Crippen LogP contribution in [-0.2, 0) is 23.3 Å². The van der Waals surface area contributed by atoms with E-state index in [2.05, 4.69) is 41.1 Å². The van der Waals surface area contributed by atoms with Crippen LogP contribution in [0.3, 0.4) is 0 Å². The normalized spacial score (nSPS) is 23.0. The maximum atomic E-state index is 5.94. The zero-order valence-corrected chi connectivity index (χ0v) is 15.3. The molecule has 2 aliphatic rings. The van der Waals surface area contributed by atoms with Crippen molar-refractivity contribution in [3.63, 3.8) is 0 Å². The first-order valence-electron chi connectivity index (χ1n) is 8.96. The van der Waals surface area contributed by atoms with Crippen molar-refractivity contribution in [3.8, 4) is 0 Å². The second-order valence-corrected chi connectivity index (χ2v) is 7.60. The zero-order valence-electron chi connectivity index (χ0n) is 15.3. The fraction of sp³-hybridized carbons (Fsp3) is 0.500. The standard InChI is InChI=1S/C20H26N4O/c1-15-6-4-5-7-16(15)11-24-9-8-20(13-24)14-25-12-17-10-21-19(23(2)3)22-18(17)20/h4-7,10H,8-9,11-14H2,1-3H3. The molecule has 4 rings (SSSR count). The van der Waals surface area contributed by atoms with E-state index in [4.69, 9.17) is 9.72 Å². The van der Waals surface area contributed by atoms with Crippen molar-refractivity contribution in [3.05, 3.63) is 52.8 Å². The highest BCUT2D eigenvalue weighted by Crippen LogP contribution is 2.39. The quantitative estimate of drug-likeness (QED) is 0.860. The van der Waals surface area contributed by atoms with Gasteiger partial charge in [-0.3, -0.25) is 4.90 Å². The van der Waals surface area contributed by atoms with E-state index in [1.807, 2.05) is 25.2 Å². The number of ether oxygens (including phenoxy) is 1. The number of benzene rings is 1. The van der Waals surface area contributed by atoms with Crippen LogP contribution in [0.4, 0.5) is 5.95 Å². The highest BCUT2D eigenvalue weighted by molar-refractivity contribution is 5.37. The predicted molar refractivity (Wildman–Crippen MR) is 98.8 cm³/mol. The van der Waals surface area contributed by atoms with Gasteiger partial charge in [-0.2, -0.15) is 0 Å². The first-order valence-corrected chi connectivity index (χ1v) is 8.96. The number of fused-ring (bicyclic) bond motifs is 2. The van der Waals surface area contributed by atoms with Gasteiger partial charge in [0.15, 0.2) is 0 Å². The van der Waals surface area contributed by atoms with Crippen LogP contribution in [0.15, 0.2) is 30.5 Å². The van der Waals surface area contributed by atoms with Crippen LogP contribution in [-0.4, -0.2) is 48.7 Å². The van der Waals surface area contributed by atoms with Crippen molar-refractivity contribution in [1.82, 2.24) is 14.9 Å². The summed E-state index contributed by atoms with van der Waals surface area (Å²) in [6.07, 6.45) is 3.04. The van der Waals surface area contributed by atoms with Crippen LogP contribution in [0, 0.1) is 6.92 Å². The van der Waals surface area contributed by atoms with E-state index >= 15 is 0 Å². The van der Waals surface area contributed by atoms with Crippen LogP contribution in [0.25, 0.3) is 0 Å². The molecule has 0 amide bonds. The summed E-state index contributed by atoms with van der Waals surface area (Å²) < 4.78 is 5.94. The van der Waals surface area contributed by atoms with Gasteiger partial charge in [-0.25, -0.2) is 9.97 Å². The van der Waals surface area contributed by atoms with Crippen molar-refractivity contribution in [2.45, 2.75) is 31.9 Å². The molecular formula is C20H26N4O. The number of nitrogens with zero attached hydrogens (tertiary/aromatic N) is 4. The number of likely N-dealkylation sites (tertiary alicyclic amines) is 1. The predicted octanol–water partition coefficient (Wildman–Crippen LogP) is 2.52. The summed E-state index contributed by atoms with van der Waals surface area (Å²) in [6.45, 7) is 6.65. The van der Waals surface area contributed by atoms with Crippen LogP contribution < -0.4 is 4.90 Å². The Bertz CT molecular complexity index is 776. The highest BCUT2D eigenvalue weighted by atomic mass is 16.5. The maximum Gasteiger partial charge on any atom is 0.225 e. The Morgan fingerprint density at radius 2 is 2.12 bits per heavy atom. The third-order valence-corrected chi connectivity index (χ3v) is 5.48. The molecule has 0 aliphatic carbocycles. The largest absolute Gasteiger partial charge is 0.376 e. The molecule has 1 unspecified atom stereocenters. The minimum absolute atomic E-state index is 0.00394. The lowest BCUT2D eigenvalue weighted by atomic mass is 9.80. The molecule has 0 N–H and O–H groups in total. The molecule has 3 heterocycles. The van der Waals surface area contributed by atoms with E-state index in [1.54, 1.807) is 0 Å². The van der Waals surface area contributed by atoms with Crippen molar-refractivity contribution >= 4 is 5.95 Å². The summed E-state index contributed by atoms with van der Waals surface area (Å²) in [7, 11) is 3.99. The maximum absolute atomic E-state index is 5.94. The lowest BCUT2D eigenvalue weighted by molar-refractivity contribution is 0.0503. The molecule has 1 saturated heterocycles. The number of anilines is 1. The van der Waals surface area contributed by atoms with Gasteiger partial charge in [0, 0.05) is 38.9 Å². The first kappa shape index (κ1) is 16.5. The average molecular weight is 338 g/mol. The minimum atomic E-state index is 0.00394. The molecular weight excluding hydrogens is 312 g/mol. The lowest BCUT2D eigenvalue weighted by Crippen LogP contribution is -2.40. The number of rotatable bonds is 3. The fourth-order valence-electron chi connectivity index (χ4n) is 4.04. The second-order valence-electron chi connectivity index (χ2n) is 7.60. The Kier molecular flexibility index (Phi) is 4.21. The Hall–Kier alpha value is -1.98. The minimum Gasteiger partial charge on any atom is -0.376 e. The van der Waals surface area contributed by atoms with Gasteiger partial charge in [0.25, 0.3) is 0 Å². The second kappa shape index (κ2) is 6.39. The highest BCUT2D eigenvalue weighted by Gasteiger charge is 2.45. The molecule has 5 heteroatoms. The zero-order chi connectivity index (χ0) is 17.4. The molecule has 1 spiro atoms. The summed E-state index contributed by atoms with van der Waals surface area (Å²) in [5.74, 6) is 0.789. The van der Waals surface area contributed by atoms with Crippen molar-refractivity contribution in [2.75, 3.05) is 38.7 Å². The van der Waals surface area contributed by atoms with Crippen LogP contribution >= 0.6 is 0 Å². The molecule has 2 aliphatic heterocycles. The molecule has 25 heavy (non-hydrogen) atoms. The first-order chi connectivity index (χ1) is 12.1. The van der Waals surface area contributed by atoms with Gasteiger partial charge in [0.1, 0.15) is 0 Å². The monoisotopic (exact) mass is 338 g/mol. The smallest absolute Gasteiger partial charge is 0.225 e. The van der Waals surface area contributed by atoms with Crippen molar-refractivity contribution < 1.29 is 4.74 Å². The van der Waals surface area contributed by atoms with E-state index in [1.165, 1.54) is 16.8 Å². The molecule has 1 fully saturated rings. The summed E-state index contributed by atoms with van der Waals surface area (Å²) in [6, 6.07) is 8.66. The van der Waals surface area contributed by atoms with E-state index in [0.29, 0.717) is 6.61 Å². The van der Waals surface area contributed by atoms with Crippen LogP contribution in [0.2, 0.25) is 0 Å². The summed E-state index contributed by atoms with van der Waals surface area (Å²) >= 11 is 0. The molecule has 5 nitrogen and oxygen atoms in total.